The monoisotopic (exact) mass is 510 g/mol. The van der Waals surface area contributed by atoms with Gasteiger partial charge >= 0.3 is 0 Å². The van der Waals surface area contributed by atoms with E-state index in [9.17, 15) is 13.2 Å². The van der Waals surface area contributed by atoms with Crippen LogP contribution in [0.1, 0.15) is 37.1 Å². The van der Waals surface area contributed by atoms with E-state index in [1.165, 1.54) is 18.6 Å². The van der Waals surface area contributed by atoms with E-state index in [4.69, 9.17) is 27.9 Å². The maximum atomic E-state index is 12.8. The van der Waals surface area contributed by atoms with Crippen LogP contribution in [0.25, 0.3) is 0 Å². The third-order valence-electron chi connectivity index (χ3n) is 7.08. The number of piperidine rings is 1. The number of sulfone groups is 1. The number of ether oxygens (including phenoxy) is 1. The molecule has 0 radical (unpaired) electrons. The Hall–Kier alpha value is -1.94. The van der Waals surface area contributed by atoms with Crippen LogP contribution < -0.4 is 10.1 Å². The average Bonchev–Trinajstić information content (AvgIpc) is 3.54. The first-order valence-electron chi connectivity index (χ1n) is 10.8. The molecule has 5 rings (SSSR count). The van der Waals surface area contributed by atoms with Crippen LogP contribution in [0.5, 0.6) is 5.75 Å². The van der Waals surface area contributed by atoms with E-state index in [1.807, 2.05) is 6.07 Å². The Kier molecular flexibility index (Phi) is 5.59. The first kappa shape index (κ1) is 22.8. The third-order valence-corrected chi connectivity index (χ3v) is 9.61. The van der Waals surface area contributed by atoms with Gasteiger partial charge in [0.1, 0.15) is 17.2 Å². The number of amides is 1. The van der Waals surface area contributed by atoms with E-state index < -0.39 is 20.0 Å². The number of aromatic nitrogens is 2. The summed E-state index contributed by atoms with van der Waals surface area (Å²) in [6, 6.07) is 3.49. The van der Waals surface area contributed by atoms with E-state index in [-0.39, 0.29) is 5.91 Å². The largest absolute Gasteiger partial charge is 0.489 e. The van der Waals surface area contributed by atoms with Crippen molar-refractivity contribution in [3.63, 3.8) is 0 Å². The van der Waals surface area contributed by atoms with Gasteiger partial charge < -0.3 is 10.1 Å². The number of nitrogens with one attached hydrogen (secondary N) is 1. The maximum Gasteiger partial charge on any atom is 0.235 e. The number of rotatable bonds is 6. The fourth-order valence-corrected chi connectivity index (χ4v) is 6.70. The Balaban J connectivity index is 1.16. The Morgan fingerprint density at radius 1 is 1.12 bits per heavy atom. The zero-order valence-electron chi connectivity index (χ0n) is 18.1. The van der Waals surface area contributed by atoms with Gasteiger partial charge in [-0.2, -0.15) is 0 Å². The van der Waals surface area contributed by atoms with E-state index in [0.29, 0.717) is 66.1 Å². The molecule has 33 heavy (non-hydrogen) atoms. The predicted octanol–water partition coefficient (Wildman–Crippen LogP) is 3.18. The fourth-order valence-electron chi connectivity index (χ4n) is 4.88. The summed E-state index contributed by atoms with van der Waals surface area (Å²) in [5, 5.41) is 3.94. The van der Waals surface area contributed by atoms with Crippen LogP contribution in [-0.2, 0) is 24.8 Å². The summed E-state index contributed by atoms with van der Waals surface area (Å²) in [5.74, 6) is 0.830. The molecule has 1 saturated carbocycles. The molecule has 11 heteroatoms. The summed E-state index contributed by atoms with van der Waals surface area (Å²) < 4.78 is 28.9. The zero-order chi connectivity index (χ0) is 23.4. The highest BCUT2D eigenvalue weighted by Crippen LogP contribution is 2.51. The molecule has 0 bridgehead atoms. The molecule has 1 aliphatic carbocycles. The molecule has 0 atom stereocenters. The second-order valence-electron chi connectivity index (χ2n) is 9.05. The standard InChI is InChI=1S/C22H24Cl2N4O4S/c1-33(30,31)22(2-3-22)19-25-12-15(13-26-19)32-9-8-28-6-4-21(5-7-28)16-10-14(23)11-17(24)18(16)27-20(21)29/h10-13H,2-9H2,1H3,(H,27,29). The molecule has 1 saturated heterocycles. The van der Waals surface area contributed by atoms with Gasteiger partial charge in [-0.3, -0.25) is 9.69 Å². The van der Waals surface area contributed by atoms with Crippen LogP contribution in [0.15, 0.2) is 24.5 Å². The molecule has 1 spiro atoms. The summed E-state index contributed by atoms with van der Waals surface area (Å²) in [6.45, 7) is 2.61. The molecule has 1 aromatic heterocycles. The lowest BCUT2D eigenvalue weighted by Crippen LogP contribution is -2.47. The topological polar surface area (TPSA) is 101 Å². The van der Waals surface area contributed by atoms with Gasteiger partial charge in [0.15, 0.2) is 15.6 Å². The average molecular weight is 511 g/mol. The van der Waals surface area contributed by atoms with E-state index in [2.05, 4.69) is 20.2 Å². The number of anilines is 1. The minimum atomic E-state index is -3.24. The number of hydrogen-bond acceptors (Lipinski definition) is 7. The van der Waals surface area contributed by atoms with E-state index >= 15 is 0 Å². The molecule has 1 amide bonds. The Morgan fingerprint density at radius 2 is 1.79 bits per heavy atom. The highest BCUT2D eigenvalue weighted by molar-refractivity contribution is 7.91. The minimum absolute atomic E-state index is 0.0164. The van der Waals surface area contributed by atoms with Crippen molar-refractivity contribution in [2.24, 2.45) is 0 Å². The van der Waals surface area contributed by atoms with Gasteiger partial charge in [-0.25, -0.2) is 18.4 Å². The molecule has 2 aromatic rings. The minimum Gasteiger partial charge on any atom is -0.489 e. The number of halogens is 2. The molecule has 1 aromatic carbocycles. The van der Waals surface area contributed by atoms with Gasteiger partial charge in [0.05, 0.1) is 28.5 Å². The number of likely N-dealkylation sites (tertiary alicyclic amines) is 1. The third kappa shape index (κ3) is 3.88. The summed E-state index contributed by atoms with van der Waals surface area (Å²) >= 11 is 12.5. The lowest BCUT2D eigenvalue weighted by Gasteiger charge is -2.38. The summed E-state index contributed by atoms with van der Waals surface area (Å²) in [6.07, 6.45) is 6.76. The molecular formula is C22H24Cl2N4O4S. The summed E-state index contributed by atoms with van der Waals surface area (Å²) in [5.41, 5.74) is 0.972. The van der Waals surface area contributed by atoms with E-state index in [1.54, 1.807) is 6.07 Å². The predicted molar refractivity (Wildman–Crippen MR) is 126 cm³/mol. The normalized spacial score (nSPS) is 21.0. The number of benzene rings is 1. The summed E-state index contributed by atoms with van der Waals surface area (Å²) in [4.78, 5) is 23.6. The van der Waals surface area contributed by atoms with Crippen molar-refractivity contribution in [3.05, 3.63) is 46.0 Å². The fraction of sp³-hybridized carbons (Fsp3) is 0.500. The van der Waals surface area contributed by atoms with Crippen LogP contribution in [-0.4, -0.2) is 61.7 Å². The van der Waals surface area contributed by atoms with Crippen molar-refractivity contribution < 1.29 is 17.9 Å². The molecule has 8 nitrogen and oxygen atoms in total. The van der Waals surface area contributed by atoms with Crippen LogP contribution in [0.4, 0.5) is 5.69 Å². The number of nitrogens with zero attached hydrogens (tertiary/aromatic N) is 3. The van der Waals surface area contributed by atoms with Crippen LogP contribution >= 0.6 is 23.2 Å². The van der Waals surface area contributed by atoms with Crippen LogP contribution in [0.2, 0.25) is 10.0 Å². The van der Waals surface area contributed by atoms with Crippen molar-refractivity contribution in [2.75, 3.05) is 37.8 Å². The maximum absolute atomic E-state index is 12.8. The molecule has 3 heterocycles. The SMILES string of the molecule is CS(=O)(=O)C1(c2ncc(OCCN3CCC4(CC3)C(=O)Nc3c(Cl)cc(Cl)cc34)cn2)CC1. The van der Waals surface area contributed by atoms with E-state index in [0.717, 1.165) is 18.7 Å². The van der Waals surface area contributed by atoms with Gasteiger partial charge in [0.2, 0.25) is 5.91 Å². The van der Waals surface area contributed by atoms with Gasteiger partial charge in [-0.1, -0.05) is 23.2 Å². The van der Waals surface area contributed by atoms with Gasteiger partial charge in [-0.15, -0.1) is 0 Å². The molecular weight excluding hydrogens is 487 g/mol. The van der Waals surface area contributed by atoms with Gasteiger partial charge in [0, 0.05) is 17.8 Å². The molecule has 2 aliphatic heterocycles. The van der Waals surface area contributed by atoms with Crippen LogP contribution in [0, 0.1) is 0 Å². The van der Waals surface area contributed by atoms with Crippen molar-refractivity contribution in [1.82, 2.24) is 14.9 Å². The number of carbonyl (C=O) groups excluding carboxylic acids is 1. The molecule has 1 N–H and O–H groups in total. The molecule has 3 aliphatic rings. The highest BCUT2D eigenvalue weighted by Gasteiger charge is 2.56. The number of carbonyl (C=O) groups is 1. The quantitative estimate of drug-likeness (QED) is 0.636. The molecule has 176 valence electrons. The molecule has 0 unspecified atom stereocenters. The molecule has 2 fully saturated rings. The lowest BCUT2D eigenvalue weighted by molar-refractivity contribution is -0.122. The zero-order valence-corrected chi connectivity index (χ0v) is 20.4. The number of fused-ring (bicyclic) bond motifs is 2. The van der Waals surface area contributed by atoms with Crippen molar-refractivity contribution in [1.29, 1.82) is 0 Å². The first-order valence-corrected chi connectivity index (χ1v) is 13.5. The van der Waals surface area contributed by atoms with Gasteiger partial charge in [0.25, 0.3) is 0 Å². The lowest BCUT2D eigenvalue weighted by atomic mass is 9.73. The van der Waals surface area contributed by atoms with Crippen molar-refractivity contribution in [2.45, 2.75) is 35.8 Å². The summed E-state index contributed by atoms with van der Waals surface area (Å²) in [7, 11) is -3.24. The Bertz CT molecular complexity index is 1210. The van der Waals surface area contributed by atoms with Crippen LogP contribution in [0.3, 0.4) is 0 Å². The van der Waals surface area contributed by atoms with Crippen molar-refractivity contribution in [3.8, 4) is 5.75 Å². The van der Waals surface area contributed by atoms with Crippen molar-refractivity contribution >= 4 is 44.6 Å². The Morgan fingerprint density at radius 3 is 2.39 bits per heavy atom. The first-order chi connectivity index (χ1) is 15.6. The second-order valence-corrected chi connectivity index (χ2v) is 12.2. The van der Waals surface area contributed by atoms with Gasteiger partial charge in [-0.05, 0) is 56.5 Å². The Labute approximate surface area is 202 Å². The number of hydrogen-bond donors (Lipinski definition) is 1. The highest BCUT2D eigenvalue weighted by atomic mass is 35.5. The second kappa shape index (κ2) is 8.08. The smallest absolute Gasteiger partial charge is 0.235 e.